The number of carbonyl (C=O) groups is 1. The molecule has 0 spiro atoms. The van der Waals surface area contributed by atoms with E-state index < -0.39 is 22.2 Å². The molecule has 0 radical (unpaired) electrons. The van der Waals surface area contributed by atoms with E-state index in [4.69, 9.17) is 4.74 Å². The van der Waals surface area contributed by atoms with Gasteiger partial charge in [0.15, 0.2) is 0 Å². The van der Waals surface area contributed by atoms with Crippen LogP contribution in [0.4, 0.5) is 0 Å². The molecule has 0 saturated heterocycles. The number of hydrogen-bond donors (Lipinski definition) is 1. The van der Waals surface area contributed by atoms with Crippen LogP contribution in [0.2, 0.25) is 0 Å². The predicted molar refractivity (Wildman–Crippen MR) is 126 cm³/mol. The lowest BCUT2D eigenvalue weighted by Gasteiger charge is -2.37. The Hall–Kier alpha value is -2.42. The lowest BCUT2D eigenvalue weighted by Crippen LogP contribution is -2.50. The van der Waals surface area contributed by atoms with Gasteiger partial charge in [-0.2, -0.15) is 4.31 Å². The number of carbonyl (C=O) groups excluding carboxylic acids is 1. The van der Waals surface area contributed by atoms with Gasteiger partial charge in [0.25, 0.3) is 0 Å². The highest BCUT2D eigenvalue weighted by Gasteiger charge is 2.39. The smallest absolute Gasteiger partial charge is 0.247 e. The van der Waals surface area contributed by atoms with E-state index in [2.05, 4.69) is 0 Å². The van der Waals surface area contributed by atoms with Gasteiger partial charge in [-0.15, -0.1) is 0 Å². The Bertz CT molecular complexity index is 1100. The molecule has 1 amide bonds. The van der Waals surface area contributed by atoms with Gasteiger partial charge in [0, 0.05) is 31.5 Å². The van der Waals surface area contributed by atoms with Crippen molar-refractivity contribution in [1.29, 1.82) is 0 Å². The van der Waals surface area contributed by atoms with E-state index in [1.807, 2.05) is 37.3 Å². The summed E-state index contributed by atoms with van der Waals surface area (Å²) in [6, 6.07) is 14.2. The molecule has 2 aliphatic rings. The number of benzene rings is 2. The van der Waals surface area contributed by atoms with Crippen LogP contribution in [0.15, 0.2) is 53.4 Å². The molecule has 1 saturated carbocycles. The standard InChI is InChI=1S/C25H32N2O5S/c1-17-14-27(18(2)16-28)33(30,31)24-12-11-21(19-7-5-4-6-8-19)13-22(24)32-23(17)15-26(3)25(29)20-9-10-20/h4-8,11-13,17-18,20,23,28H,9-10,14-16H2,1-3H3/t17-,18-,23+/m0/s1. The van der Waals surface area contributed by atoms with Crippen LogP contribution in [-0.4, -0.2) is 67.5 Å². The second kappa shape index (κ2) is 9.44. The van der Waals surface area contributed by atoms with Crippen LogP contribution >= 0.6 is 0 Å². The van der Waals surface area contributed by atoms with Gasteiger partial charge in [0.1, 0.15) is 16.7 Å². The first-order valence-electron chi connectivity index (χ1n) is 11.5. The molecule has 1 N–H and O–H groups in total. The number of rotatable bonds is 6. The lowest BCUT2D eigenvalue weighted by molar-refractivity contribution is -0.132. The fourth-order valence-corrected chi connectivity index (χ4v) is 6.08. The molecule has 8 heteroatoms. The van der Waals surface area contributed by atoms with Gasteiger partial charge in [0.05, 0.1) is 13.2 Å². The normalized spacial score (nSPS) is 23.5. The van der Waals surface area contributed by atoms with Gasteiger partial charge in [-0.1, -0.05) is 43.3 Å². The summed E-state index contributed by atoms with van der Waals surface area (Å²) in [6.45, 7) is 3.91. The van der Waals surface area contributed by atoms with E-state index in [0.717, 1.165) is 24.0 Å². The summed E-state index contributed by atoms with van der Waals surface area (Å²) in [5.41, 5.74) is 1.80. The first kappa shape index (κ1) is 23.7. The van der Waals surface area contributed by atoms with Crippen LogP contribution in [0.3, 0.4) is 0 Å². The molecule has 0 aromatic heterocycles. The van der Waals surface area contributed by atoms with Gasteiger partial charge < -0.3 is 14.7 Å². The summed E-state index contributed by atoms with van der Waals surface area (Å²) in [7, 11) is -2.11. The van der Waals surface area contributed by atoms with Crippen LogP contribution in [0.5, 0.6) is 5.75 Å². The van der Waals surface area contributed by atoms with Crippen LogP contribution in [0, 0.1) is 11.8 Å². The zero-order chi connectivity index (χ0) is 23.8. The number of hydrogen-bond acceptors (Lipinski definition) is 5. The zero-order valence-corrected chi connectivity index (χ0v) is 20.2. The maximum Gasteiger partial charge on any atom is 0.247 e. The number of likely N-dealkylation sites (N-methyl/N-ethyl adjacent to an activating group) is 1. The Kier molecular flexibility index (Phi) is 6.79. The summed E-state index contributed by atoms with van der Waals surface area (Å²) < 4.78 is 34.9. The zero-order valence-electron chi connectivity index (χ0n) is 19.3. The summed E-state index contributed by atoms with van der Waals surface area (Å²) in [4.78, 5) is 14.4. The SMILES string of the molecule is C[C@H]1CN([C@@H](C)CO)S(=O)(=O)c2ccc(-c3ccccc3)cc2O[C@@H]1CN(C)C(=O)C1CC1. The average molecular weight is 473 g/mol. The first-order chi connectivity index (χ1) is 15.7. The van der Waals surface area contributed by atoms with Crippen LogP contribution in [-0.2, 0) is 14.8 Å². The fraction of sp³-hybridized carbons (Fsp3) is 0.480. The van der Waals surface area contributed by atoms with Crippen molar-refractivity contribution >= 4 is 15.9 Å². The van der Waals surface area contributed by atoms with Gasteiger partial charge in [-0.05, 0) is 43.0 Å². The monoisotopic (exact) mass is 472 g/mol. The highest BCUT2D eigenvalue weighted by molar-refractivity contribution is 7.89. The molecule has 4 rings (SSSR count). The second-order valence-electron chi connectivity index (χ2n) is 9.26. The maximum absolute atomic E-state index is 13.6. The molecule has 2 aromatic carbocycles. The Labute approximate surface area is 196 Å². The lowest BCUT2D eigenvalue weighted by atomic mass is 10.0. The molecule has 1 aliphatic carbocycles. The minimum Gasteiger partial charge on any atom is -0.487 e. The van der Waals surface area contributed by atoms with E-state index >= 15 is 0 Å². The third-order valence-corrected chi connectivity index (χ3v) is 8.55. The molecule has 0 unspecified atom stereocenters. The highest BCUT2D eigenvalue weighted by Crippen LogP contribution is 2.37. The van der Waals surface area contributed by atoms with E-state index in [-0.39, 0.29) is 41.5 Å². The maximum atomic E-state index is 13.6. The molecular weight excluding hydrogens is 440 g/mol. The van der Waals surface area contributed by atoms with E-state index in [0.29, 0.717) is 6.54 Å². The van der Waals surface area contributed by atoms with Crippen molar-refractivity contribution in [1.82, 2.24) is 9.21 Å². The Morgan fingerprint density at radius 2 is 1.88 bits per heavy atom. The van der Waals surface area contributed by atoms with Gasteiger partial charge in [-0.25, -0.2) is 8.42 Å². The summed E-state index contributed by atoms with van der Waals surface area (Å²) >= 11 is 0. The molecule has 178 valence electrons. The van der Waals surface area contributed by atoms with Crippen LogP contribution < -0.4 is 4.74 Å². The number of amides is 1. The van der Waals surface area contributed by atoms with Crippen molar-refractivity contribution < 1.29 is 23.1 Å². The van der Waals surface area contributed by atoms with Crippen molar-refractivity contribution in [2.45, 2.75) is 43.7 Å². The molecule has 1 heterocycles. The molecule has 0 bridgehead atoms. The van der Waals surface area contributed by atoms with Gasteiger partial charge >= 0.3 is 0 Å². The molecule has 7 nitrogen and oxygen atoms in total. The summed E-state index contributed by atoms with van der Waals surface area (Å²) in [5, 5.41) is 9.77. The largest absolute Gasteiger partial charge is 0.487 e. The quantitative estimate of drug-likeness (QED) is 0.699. The molecule has 1 aliphatic heterocycles. The van der Waals surface area contributed by atoms with Gasteiger partial charge in [-0.3, -0.25) is 4.79 Å². The number of nitrogens with zero attached hydrogens (tertiary/aromatic N) is 2. The summed E-state index contributed by atoms with van der Waals surface area (Å²) in [6.07, 6.45) is 1.45. The van der Waals surface area contributed by atoms with Gasteiger partial charge in [0.2, 0.25) is 15.9 Å². The molecule has 1 fully saturated rings. The average Bonchev–Trinajstić information content (AvgIpc) is 3.66. The predicted octanol–water partition coefficient (Wildman–Crippen LogP) is 2.99. The second-order valence-corrected chi connectivity index (χ2v) is 11.1. The number of fused-ring (bicyclic) bond motifs is 1. The van der Waals surface area contributed by atoms with Crippen molar-refractivity contribution in [3.8, 4) is 16.9 Å². The fourth-order valence-electron chi connectivity index (χ4n) is 4.26. The van der Waals surface area contributed by atoms with E-state index in [9.17, 15) is 18.3 Å². The Morgan fingerprint density at radius 3 is 2.52 bits per heavy atom. The van der Waals surface area contributed by atoms with Crippen molar-refractivity contribution in [2.24, 2.45) is 11.8 Å². The van der Waals surface area contributed by atoms with Crippen LogP contribution in [0.1, 0.15) is 26.7 Å². The number of aliphatic hydroxyl groups is 1. The van der Waals surface area contributed by atoms with E-state index in [1.54, 1.807) is 37.1 Å². The minimum atomic E-state index is -3.89. The molecule has 2 aromatic rings. The Morgan fingerprint density at radius 1 is 1.18 bits per heavy atom. The van der Waals surface area contributed by atoms with Crippen LogP contribution in [0.25, 0.3) is 11.1 Å². The first-order valence-corrected chi connectivity index (χ1v) is 12.9. The number of ether oxygens (including phenoxy) is 1. The minimum absolute atomic E-state index is 0.0792. The Balaban J connectivity index is 1.76. The summed E-state index contributed by atoms with van der Waals surface area (Å²) in [5.74, 6) is 0.286. The number of aliphatic hydroxyl groups excluding tert-OH is 1. The van der Waals surface area contributed by atoms with Crippen molar-refractivity contribution in [2.75, 3.05) is 26.7 Å². The molecule has 3 atom stereocenters. The third kappa shape index (κ3) is 4.93. The highest BCUT2D eigenvalue weighted by atomic mass is 32.2. The van der Waals surface area contributed by atoms with Crippen molar-refractivity contribution in [3.05, 3.63) is 48.5 Å². The third-order valence-electron chi connectivity index (χ3n) is 6.53. The topological polar surface area (TPSA) is 87.2 Å². The molecular formula is C25H32N2O5S. The van der Waals surface area contributed by atoms with Crippen molar-refractivity contribution in [3.63, 3.8) is 0 Å². The van der Waals surface area contributed by atoms with E-state index in [1.165, 1.54) is 4.31 Å². The number of sulfonamides is 1. The molecule has 33 heavy (non-hydrogen) atoms.